The van der Waals surface area contributed by atoms with E-state index in [2.05, 4.69) is 20.3 Å². The van der Waals surface area contributed by atoms with Crippen LogP contribution in [0.3, 0.4) is 0 Å². The van der Waals surface area contributed by atoms with Crippen LogP contribution in [0.25, 0.3) is 11.4 Å². The predicted octanol–water partition coefficient (Wildman–Crippen LogP) is 5.19. The molecule has 0 aliphatic heterocycles. The van der Waals surface area contributed by atoms with Crippen LogP contribution in [-0.2, 0) is 12.2 Å². The minimum atomic E-state index is -0.414. The molecule has 0 saturated carbocycles. The monoisotopic (exact) mass is 446 g/mol. The fourth-order valence-electron chi connectivity index (χ4n) is 2.64. The zero-order chi connectivity index (χ0) is 20.9. The van der Waals surface area contributed by atoms with Crippen molar-refractivity contribution in [2.75, 3.05) is 6.61 Å². The molecule has 4 rings (SSSR count). The summed E-state index contributed by atoms with van der Waals surface area (Å²) in [6.45, 7) is 2.53. The lowest BCUT2D eigenvalue weighted by Crippen LogP contribution is -1.94. The van der Waals surface area contributed by atoms with E-state index in [1.807, 2.05) is 31.2 Å². The second-order valence-corrected chi connectivity index (χ2v) is 7.43. The second-order valence-electron chi connectivity index (χ2n) is 6.10. The number of thioether (sulfide) groups is 1. The number of nitrogens with zero attached hydrogens (tertiary/aromatic N) is 4. The highest BCUT2D eigenvalue weighted by molar-refractivity contribution is 7.98. The van der Waals surface area contributed by atoms with E-state index in [9.17, 15) is 4.39 Å². The van der Waals surface area contributed by atoms with Crippen LogP contribution in [0, 0.1) is 5.82 Å². The average Bonchev–Trinajstić information content (AvgIpc) is 3.40. The maximum absolute atomic E-state index is 13.9. The van der Waals surface area contributed by atoms with Crippen molar-refractivity contribution >= 4 is 23.4 Å². The number of hydrogen-bond donors (Lipinski definition) is 0. The Morgan fingerprint density at radius 2 is 1.93 bits per heavy atom. The summed E-state index contributed by atoms with van der Waals surface area (Å²) in [5.74, 6) is 1.89. The van der Waals surface area contributed by atoms with Crippen LogP contribution in [0.15, 0.2) is 56.6 Å². The highest BCUT2D eigenvalue weighted by atomic mass is 35.5. The largest absolute Gasteiger partial charge is 0.494 e. The molecule has 0 aliphatic rings. The van der Waals surface area contributed by atoms with Crippen molar-refractivity contribution in [1.29, 1.82) is 0 Å². The van der Waals surface area contributed by atoms with Gasteiger partial charge in [-0.2, -0.15) is 4.98 Å². The van der Waals surface area contributed by atoms with E-state index in [-0.39, 0.29) is 12.3 Å². The summed E-state index contributed by atoms with van der Waals surface area (Å²) in [5, 5.41) is 12.5. The lowest BCUT2D eigenvalue weighted by atomic mass is 10.1. The molecular weight excluding hydrogens is 431 g/mol. The molecule has 2 aromatic carbocycles. The number of benzene rings is 2. The van der Waals surface area contributed by atoms with Crippen molar-refractivity contribution in [3.05, 3.63) is 70.6 Å². The van der Waals surface area contributed by atoms with Gasteiger partial charge in [0, 0.05) is 16.1 Å². The highest BCUT2D eigenvalue weighted by Crippen LogP contribution is 2.26. The van der Waals surface area contributed by atoms with Gasteiger partial charge in [0.25, 0.3) is 5.22 Å². The molecule has 0 N–H and O–H groups in total. The Hall–Kier alpha value is -2.91. The fraction of sp³-hybridized carbons (Fsp3) is 0.200. The molecule has 0 bridgehead atoms. The van der Waals surface area contributed by atoms with E-state index in [1.54, 1.807) is 12.1 Å². The molecule has 0 atom stereocenters. The van der Waals surface area contributed by atoms with E-state index < -0.39 is 5.82 Å². The molecule has 0 fully saturated rings. The first-order chi connectivity index (χ1) is 14.6. The Kier molecular flexibility index (Phi) is 6.29. The molecule has 2 aromatic heterocycles. The van der Waals surface area contributed by atoms with Crippen molar-refractivity contribution in [3.63, 3.8) is 0 Å². The van der Waals surface area contributed by atoms with Gasteiger partial charge < -0.3 is 13.7 Å². The summed E-state index contributed by atoms with van der Waals surface area (Å²) < 4.78 is 30.2. The third kappa shape index (κ3) is 4.80. The third-order valence-electron chi connectivity index (χ3n) is 4.05. The molecule has 0 radical (unpaired) electrons. The summed E-state index contributed by atoms with van der Waals surface area (Å²) in [6.07, 6.45) is 0.113. The van der Waals surface area contributed by atoms with Gasteiger partial charge in [-0.05, 0) is 43.3 Å². The maximum atomic E-state index is 13.9. The number of rotatable bonds is 8. The zero-order valence-corrected chi connectivity index (χ0v) is 17.4. The summed E-state index contributed by atoms with van der Waals surface area (Å²) in [7, 11) is 0. The summed E-state index contributed by atoms with van der Waals surface area (Å²) in [4.78, 5) is 4.37. The molecule has 2 heterocycles. The predicted molar refractivity (Wildman–Crippen MR) is 109 cm³/mol. The van der Waals surface area contributed by atoms with Crippen LogP contribution in [0.1, 0.15) is 24.3 Å². The molecule has 0 amide bonds. The molecule has 30 heavy (non-hydrogen) atoms. The molecule has 4 aromatic rings. The standard InChI is InChI=1S/C20H16ClFN4O3S/c1-2-27-13-8-6-12(7-9-13)19-23-18(29-26-19)11-30-20-25-24-17(28-20)10-14-15(21)4-3-5-16(14)22/h3-9H,2,10-11H2,1H3. The van der Waals surface area contributed by atoms with E-state index in [0.29, 0.717) is 39.9 Å². The SMILES string of the molecule is CCOc1ccc(-c2noc(CSc3nnc(Cc4c(F)cccc4Cl)o3)n2)cc1. The minimum Gasteiger partial charge on any atom is -0.494 e. The van der Waals surface area contributed by atoms with Crippen LogP contribution >= 0.6 is 23.4 Å². The first kappa shape index (κ1) is 20.4. The van der Waals surface area contributed by atoms with Crippen molar-refractivity contribution in [2.45, 2.75) is 24.3 Å². The molecule has 0 spiro atoms. The molecular formula is C20H16ClFN4O3S. The molecule has 0 saturated heterocycles. The normalized spacial score (nSPS) is 11.0. The van der Waals surface area contributed by atoms with E-state index >= 15 is 0 Å². The van der Waals surface area contributed by atoms with Gasteiger partial charge in [0.1, 0.15) is 11.6 Å². The summed E-state index contributed by atoms with van der Waals surface area (Å²) in [5.41, 5.74) is 1.14. The van der Waals surface area contributed by atoms with Crippen molar-refractivity contribution in [3.8, 4) is 17.1 Å². The Balaban J connectivity index is 1.37. The topological polar surface area (TPSA) is 87.1 Å². The van der Waals surface area contributed by atoms with Crippen molar-refractivity contribution in [2.24, 2.45) is 0 Å². The zero-order valence-electron chi connectivity index (χ0n) is 15.8. The highest BCUT2D eigenvalue weighted by Gasteiger charge is 2.15. The number of ether oxygens (including phenoxy) is 1. The first-order valence-corrected chi connectivity index (χ1v) is 10.4. The van der Waals surface area contributed by atoms with Gasteiger partial charge in [-0.25, -0.2) is 4.39 Å². The minimum absolute atomic E-state index is 0.113. The second kappa shape index (κ2) is 9.27. The molecule has 154 valence electrons. The van der Waals surface area contributed by atoms with Crippen LogP contribution in [0.5, 0.6) is 5.75 Å². The van der Waals surface area contributed by atoms with Gasteiger partial charge in [-0.3, -0.25) is 0 Å². The van der Waals surface area contributed by atoms with Gasteiger partial charge in [0.05, 0.1) is 18.8 Å². The Morgan fingerprint density at radius 1 is 1.10 bits per heavy atom. The van der Waals surface area contributed by atoms with Crippen LogP contribution in [0.4, 0.5) is 4.39 Å². The summed E-state index contributed by atoms with van der Waals surface area (Å²) in [6, 6.07) is 11.9. The molecule has 0 aliphatic carbocycles. The van der Waals surface area contributed by atoms with E-state index in [1.165, 1.54) is 17.8 Å². The van der Waals surface area contributed by atoms with Gasteiger partial charge in [-0.1, -0.05) is 34.6 Å². The quantitative estimate of drug-likeness (QED) is 0.341. The third-order valence-corrected chi connectivity index (χ3v) is 5.21. The lowest BCUT2D eigenvalue weighted by Gasteiger charge is -2.02. The smallest absolute Gasteiger partial charge is 0.277 e. The molecule has 10 heteroatoms. The first-order valence-electron chi connectivity index (χ1n) is 9.06. The molecule has 7 nitrogen and oxygen atoms in total. The lowest BCUT2D eigenvalue weighted by molar-refractivity contribution is 0.340. The Morgan fingerprint density at radius 3 is 2.70 bits per heavy atom. The van der Waals surface area contributed by atoms with Crippen LogP contribution in [0.2, 0.25) is 5.02 Å². The van der Waals surface area contributed by atoms with Gasteiger partial charge in [0.2, 0.25) is 17.6 Å². The Bertz CT molecular complexity index is 1110. The van der Waals surface area contributed by atoms with Crippen molar-refractivity contribution in [1.82, 2.24) is 20.3 Å². The Labute approximate surface area is 180 Å². The van der Waals surface area contributed by atoms with Crippen molar-refractivity contribution < 1.29 is 18.1 Å². The van der Waals surface area contributed by atoms with E-state index in [0.717, 1.165) is 11.3 Å². The fourth-order valence-corrected chi connectivity index (χ4v) is 3.49. The molecule has 0 unspecified atom stereocenters. The number of aromatic nitrogens is 4. The number of hydrogen-bond acceptors (Lipinski definition) is 8. The van der Waals surface area contributed by atoms with Gasteiger partial charge in [-0.15, -0.1) is 10.2 Å². The van der Waals surface area contributed by atoms with Crippen LogP contribution < -0.4 is 4.74 Å². The maximum Gasteiger partial charge on any atom is 0.277 e. The van der Waals surface area contributed by atoms with Crippen LogP contribution in [-0.4, -0.2) is 26.9 Å². The van der Waals surface area contributed by atoms with Gasteiger partial charge >= 0.3 is 0 Å². The average molecular weight is 447 g/mol. The van der Waals surface area contributed by atoms with E-state index in [4.69, 9.17) is 25.3 Å². The summed E-state index contributed by atoms with van der Waals surface area (Å²) >= 11 is 7.28. The van der Waals surface area contributed by atoms with Gasteiger partial charge in [0.15, 0.2) is 0 Å². The number of halogens is 2.